The zero-order chi connectivity index (χ0) is 13.0. The average Bonchev–Trinajstić information content (AvgIpc) is 2.33. The Morgan fingerprint density at radius 3 is 2.50 bits per heavy atom. The first-order chi connectivity index (χ1) is 8.54. The van der Waals surface area contributed by atoms with Gasteiger partial charge in [-0.25, -0.2) is 8.42 Å². The van der Waals surface area contributed by atoms with E-state index in [9.17, 15) is 8.42 Å². The Kier molecular flexibility index (Phi) is 3.87. The highest BCUT2D eigenvalue weighted by atomic mass is 32.2. The summed E-state index contributed by atoms with van der Waals surface area (Å²) < 4.78 is 27.5. The lowest BCUT2D eigenvalue weighted by Gasteiger charge is -2.06. The first kappa shape index (κ1) is 12.9. The van der Waals surface area contributed by atoms with E-state index in [1.807, 2.05) is 42.5 Å². The second-order valence-electron chi connectivity index (χ2n) is 4.34. The molecule has 4 heteroatoms. The Morgan fingerprint density at radius 1 is 1.06 bits per heavy atom. The fourth-order valence-corrected chi connectivity index (χ4v) is 2.41. The molecule has 0 heterocycles. The lowest BCUT2D eigenvalue weighted by atomic mass is 10.1. The summed E-state index contributed by atoms with van der Waals surface area (Å²) in [7, 11) is -2.89. The van der Waals surface area contributed by atoms with Gasteiger partial charge in [-0.15, -0.1) is 0 Å². The van der Waals surface area contributed by atoms with Gasteiger partial charge in [0.2, 0.25) is 0 Å². The molecule has 0 aromatic heterocycles. The van der Waals surface area contributed by atoms with Crippen LogP contribution < -0.4 is 4.74 Å². The first-order valence-electron chi connectivity index (χ1n) is 5.84. The summed E-state index contributed by atoms with van der Waals surface area (Å²) in [5.74, 6) is 0.947. The molecule has 0 unspecified atom stereocenters. The standard InChI is InChI=1S/C14H16O3S/c1-18(15,16)10-4-9-17-14-8-7-12-5-2-3-6-13(12)11-14/h2-3,5-8,11H,4,9-10H2,1H3. The van der Waals surface area contributed by atoms with Gasteiger partial charge in [-0.05, 0) is 29.3 Å². The third-order valence-electron chi connectivity index (χ3n) is 2.65. The summed E-state index contributed by atoms with van der Waals surface area (Å²) in [6.07, 6.45) is 1.76. The van der Waals surface area contributed by atoms with Crippen molar-refractivity contribution in [1.82, 2.24) is 0 Å². The molecule has 0 fully saturated rings. The number of sulfone groups is 1. The third kappa shape index (κ3) is 3.74. The lowest BCUT2D eigenvalue weighted by molar-refractivity contribution is 0.318. The molecule has 2 aromatic rings. The van der Waals surface area contributed by atoms with Crippen molar-refractivity contribution in [2.75, 3.05) is 18.6 Å². The van der Waals surface area contributed by atoms with Crippen LogP contribution in [-0.4, -0.2) is 27.0 Å². The molecule has 0 spiro atoms. The van der Waals surface area contributed by atoms with Gasteiger partial charge < -0.3 is 4.74 Å². The quantitative estimate of drug-likeness (QED) is 0.780. The lowest BCUT2D eigenvalue weighted by Crippen LogP contribution is -2.07. The highest BCUT2D eigenvalue weighted by Gasteiger charge is 2.02. The zero-order valence-corrected chi connectivity index (χ0v) is 11.1. The van der Waals surface area contributed by atoms with Crippen LogP contribution in [0.5, 0.6) is 5.75 Å². The molecule has 0 aliphatic heterocycles. The van der Waals surface area contributed by atoms with Crippen LogP contribution in [0, 0.1) is 0 Å². The summed E-state index contributed by atoms with van der Waals surface area (Å²) in [5, 5.41) is 2.29. The summed E-state index contributed by atoms with van der Waals surface area (Å²) >= 11 is 0. The summed E-state index contributed by atoms with van der Waals surface area (Å²) in [6.45, 7) is 0.422. The first-order valence-corrected chi connectivity index (χ1v) is 7.90. The minimum absolute atomic E-state index is 0.167. The fourth-order valence-electron chi connectivity index (χ4n) is 1.77. The molecule has 0 bridgehead atoms. The van der Waals surface area contributed by atoms with Crippen LogP contribution in [0.1, 0.15) is 6.42 Å². The van der Waals surface area contributed by atoms with Crippen molar-refractivity contribution in [2.24, 2.45) is 0 Å². The molecule has 0 aliphatic rings. The van der Waals surface area contributed by atoms with E-state index < -0.39 is 9.84 Å². The van der Waals surface area contributed by atoms with Gasteiger partial charge in [0, 0.05) is 6.26 Å². The Bertz CT molecular complexity index is 632. The molecule has 18 heavy (non-hydrogen) atoms. The van der Waals surface area contributed by atoms with E-state index in [-0.39, 0.29) is 5.75 Å². The largest absolute Gasteiger partial charge is 0.494 e. The van der Waals surface area contributed by atoms with Crippen LogP contribution >= 0.6 is 0 Å². The molecule has 0 saturated carbocycles. The Morgan fingerprint density at radius 2 is 1.78 bits per heavy atom. The maximum Gasteiger partial charge on any atom is 0.147 e. The van der Waals surface area contributed by atoms with Gasteiger partial charge in [-0.2, -0.15) is 0 Å². The Labute approximate surface area is 107 Å². The summed E-state index contributed by atoms with van der Waals surface area (Å²) in [4.78, 5) is 0. The van der Waals surface area contributed by atoms with Crippen molar-refractivity contribution in [3.05, 3.63) is 42.5 Å². The molecule has 0 amide bonds. The molecular weight excluding hydrogens is 248 g/mol. The number of fused-ring (bicyclic) bond motifs is 1. The fraction of sp³-hybridized carbons (Fsp3) is 0.286. The Hall–Kier alpha value is -1.55. The van der Waals surface area contributed by atoms with Gasteiger partial charge in [-0.1, -0.05) is 30.3 Å². The van der Waals surface area contributed by atoms with E-state index in [1.165, 1.54) is 11.6 Å². The number of benzene rings is 2. The molecule has 0 N–H and O–H groups in total. The number of rotatable bonds is 5. The third-order valence-corrected chi connectivity index (χ3v) is 3.68. The van der Waals surface area contributed by atoms with Gasteiger partial charge in [0.25, 0.3) is 0 Å². The van der Waals surface area contributed by atoms with Gasteiger partial charge in [0.1, 0.15) is 15.6 Å². The van der Waals surface area contributed by atoms with Gasteiger partial charge in [-0.3, -0.25) is 0 Å². The van der Waals surface area contributed by atoms with Gasteiger partial charge in [0.05, 0.1) is 12.4 Å². The summed E-state index contributed by atoms with van der Waals surface area (Å²) in [6, 6.07) is 13.9. The molecule has 2 aromatic carbocycles. The van der Waals surface area contributed by atoms with Crippen molar-refractivity contribution in [2.45, 2.75) is 6.42 Å². The number of hydrogen-bond donors (Lipinski definition) is 0. The van der Waals surface area contributed by atoms with Crippen molar-refractivity contribution < 1.29 is 13.2 Å². The van der Waals surface area contributed by atoms with Gasteiger partial charge in [0.15, 0.2) is 0 Å². The maximum absolute atomic E-state index is 11.0. The smallest absolute Gasteiger partial charge is 0.147 e. The molecule has 3 nitrogen and oxygen atoms in total. The van der Waals surface area contributed by atoms with E-state index in [2.05, 4.69) is 0 Å². The normalized spacial score (nSPS) is 11.6. The van der Waals surface area contributed by atoms with Crippen molar-refractivity contribution in [1.29, 1.82) is 0 Å². The molecule has 0 radical (unpaired) electrons. The van der Waals surface area contributed by atoms with Crippen LogP contribution in [0.2, 0.25) is 0 Å². The predicted molar refractivity (Wildman–Crippen MR) is 73.8 cm³/mol. The van der Waals surface area contributed by atoms with Crippen molar-refractivity contribution in [3.63, 3.8) is 0 Å². The molecular formula is C14H16O3S. The van der Waals surface area contributed by atoms with E-state index in [1.54, 1.807) is 0 Å². The predicted octanol–water partition coefficient (Wildman–Crippen LogP) is 2.65. The molecule has 0 atom stereocenters. The van der Waals surface area contributed by atoms with Crippen molar-refractivity contribution >= 4 is 20.6 Å². The minimum Gasteiger partial charge on any atom is -0.494 e. The highest BCUT2D eigenvalue weighted by molar-refractivity contribution is 7.90. The topological polar surface area (TPSA) is 43.4 Å². The molecule has 0 aliphatic carbocycles. The highest BCUT2D eigenvalue weighted by Crippen LogP contribution is 2.20. The second kappa shape index (κ2) is 5.40. The van der Waals surface area contributed by atoms with Crippen LogP contribution in [0.3, 0.4) is 0 Å². The van der Waals surface area contributed by atoms with E-state index >= 15 is 0 Å². The zero-order valence-electron chi connectivity index (χ0n) is 10.3. The van der Waals surface area contributed by atoms with E-state index in [4.69, 9.17) is 4.74 Å². The number of ether oxygens (including phenoxy) is 1. The molecule has 2 rings (SSSR count). The van der Waals surface area contributed by atoms with Crippen molar-refractivity contribution in [3.8, 4) is 5.75 Å². The minimum atomic E-state index is -2.89. The monoisotopic (exact) mass is 264 g/mol. The molecule has 96 valence electrons. The van der Waals surface area contributed by atoms with E-state index in [0.717, 1.165) is 11.1 Å². The van der Waals surface area contributed by atoms with Crippen LogP contribution in [0.4, 0.5) is 0 Å². The van der Waals surface area contributed by atoms with Crippen LogP contribution in [0.15, 0.2) is 42.5 Å². The van der Waals surface area contributed by atoms with E-state index in [0.29, 0.717) is 13.0 Å². The van der Waals surface area contributed by atoms with Crippen LogP contribution in [-0.2, 0) is 9.84 Å². The summed E-state index contributed by atoms with van der Waals surface area (Å²) in [5.41, 5.74) is 0. The van der Waals surface area contributed by atoms with Gasteiger partial charge >= 0.3 is 0 Å². The average molecular weight is 264 g/mol. The van der Waals surface area contributed by atoms with Crippen LogP contribution in [0.25, 0.3) is 10.8 Å². The SMILES string of the molecule is CS(=O)(=O)CCCOc1ccc2ccccc2c1. The Balaban J connectivity index is 1.96. The number of hydrogen-bond acceptors (Lipinski definition) is 3. The maximum atomic E-state index is 11.0. The second-order valence-corrected chi connectivity index (χ2v) is 6.60. The molecule has 0 saturated heterocycles.